The van der Waals surface area contributed by atoms with Gasteiger partial charge < -0.3 is 4.90 Å². The summed E-state index contributed by atoms with van der Waals surface area (Å²) in [4.78, 5) is 2.40. The lowest BCUT2D eigenvalue weighted by Gasteiger charge is -2.34. The van der Waals surface area contributed by atoms with Crippen molar-refractivity contribution in [3.05, 3.63) is 64.4 Å². The molecule has 0 bridgehead atoms. The summed E-state index contributed by atoms with van der Waals surface area (Å²) in [6.45, 7) is 4.08. The van der Waals surface area contributed by atoms with Crippen LogP contribution in [0, 0.1) is 12.7 Å². The Kier molecular flexibility index (Phi) is 4.16. The average molecular weight is 304 g/mol. The highest BCUT2D eigenvalue weighted by Gasteiger charge is 2.23. The van der Waals surface area contributed by atoms with Crippen LogP contribution in [0.1, 0.15) is 29.9 Å². The Hall–Kier alpha value is -1.54. The fraction of sp³-hybridized carbons (Fsp3) is 0.333. The molecule has 1 heterocycles. The van der Waals surface area contributed by atoms with Gasteiger partial charge in [0, 0.05) is 23.8 Å². The Morgan fingerprint density at radius 3 is 2.48 bits per heavy atom. The van der Waals surface area contributed by atoms with Crippen LogP contribution in [-0.4, -0.2) is 13.1 Å². The maximum atomic E-state index is 14.0. The zero-order valence-electron chi connectivity index (χ0n) is 12.2. The molecule has 3 heteroatoms. The second-order valence-corrected chi connectivity index (χ2v) is 6.15. The second-order valence-electron chi connectivity index (χ2n) is 5.71. The van der Waals surface area contributed by atoms with Crippen molar-refractivity contribution in [2.75, 3.05) is 18.0 Å². The van der Waals surface area contributed by atoms with Gasteiger partial charge in [-0.1, -0.05) is 35.9 Å². The van der Waals surface area contributed by atoms with Gasteiger partial charge in [0.2, 0.25) is 0 Å². The molecule has 0 N–H and O–H groups in total. The lowest BCUT2D eigenvalue weighted by atomic mass is 9.88. The highest BCUT2D eigenvalue weighted by Crippen LogP contribution is 2.33. The summed E-state index contributed by atoms with van der Waals surface area (Å²) in [5.74, 6) is 0.124. The number of piperidine rings is 1. The molecule has 110 valence electrons. The minimum atomic E-state index is -0.170. The molecule has 1 aliphatic heterocycles. The highest BCUT2D eigenvalue weighted by atomic mass is 35.5. The summed E-state index contributed by atoms with van der Waals surface area (Å²) < 4.78 is 14.0. The minimum Gasteiger partial charge on any atom is -0.371 e. The molecular formula is C18H19ClFN. The molecule has 1 aliphatic rings. The first-order valence-electron chi connectivity index (χ1n) is 7.40. The summed E-state index contributed by atoms with van der Waals surface area (Å²) in [5.41, 5.74) is 3.41. The van der Waals surface area contributed by atoms with E-state index in [0.29, 0.717) is 10.9 Å². The van der Waals surface area contributed by atoms with E-state index in [1.54, 1.807) is 6.07 Å². The Bertz CT molecular complexity index is 633. The molecule has 0 radical (unpaired) electrons. The number of para-hydroxylation sites is 1. The standard InChI is InChI=1S/C18H19ClFN/c1-13-4-2-3-5-18(13)21-10-8-14(9-11-21)16-7-6-15(19)12-17(16)20/h2-7,12,14H,8-11H2,1H3. The van der Waals surface area contributed by atoms with Crippen LogP contribution in [-0.2, 0) is 0 Å². The van der Waals surface area contributed by atoms with Crippen LogP contribution in [0.25, 0.3) is 0 Å². The van der Waals surface area contributed by atoms with E-state index >= 15 is 0 Å². The lowest BCUT2D eigenvalue weighted by molar-refractivity contribution is 0.481. The Morgan fingerprint density at radius 1 is 1.10 bits per heavy atom. The van der Waals surface area contributed by atoms with Crippen molar-refractivity contribution in [2.45, 2.75) is 25.7 Å². The summed E-state index contributed by atoms with van der Waals surface area (Å²) >= 11 is 5.83. The summed E-state index contributed by atoms with van der Waals surface area (Å²) in [6.07, 6.45) is 1.96. The normalized spacial score (nSPS) is 16.2. The first kappa shape index (κ1) is 14.4. The van der Waals surface area contributed by atoms with Crippen molar-refractivity contribution in [2.24, 2.45) is 0 Å². The number of rotatable bonds is 2. The smallest absolute Gasteiger partial charge is 0.128 e. The maximum absolute atomic E-state index is 14.0. The molecule has 2 aromatic rings. The molecule has 2 aromatic carbocycles. The van der Waals surface area contributed by atoms with Gasteiger partial charge in [-0.25, -0.2) is 4.39 Å². The summed E-state index contributed by atoms with van der Waals surface area (Å²) in [5, 5.41) is 0.466. The third-order valence-electron chi connectivity index (χ3n) is 4.35. The van der Waals surface area contributed by atoms with Crippen molar-refractivity contribution >= 4 is 17.3 Å². The molecule has 1 saturated heterocycles. The number of hydrogen-bond acceptors (Lipinski definition) is 1. The fourth-order valence-electron chi connectivity index (χ4n) is 3.18. The molecule has 0 aliphatic carbocycles. The number of benzene rings is 2. The third kappa shape index (κ3) is 3.06. The van der Waals surface area contributed by atoms with Crippen LogP contribution in [0.4, 0.5) is 10.1 Å². The highest BCUT2D eigenvalue weighted by molar-refractivity contribution is 6.30. The molecule has 0 aromatic heterocycles. The van der Waals surface area contributed by atoms with Crippen molar-refractivity contribution < 1.29 is 4.39 Å². The van der Waals surface area contributed by atoms with Crippen molar-refractivity contribution in [3.63, 3.8) is 0 Å². The number of aryl methyl sites for hydroxylation is 1. The molecule has 3 rings (SSSR count). The Morgan fingerprint density at radius 2 is 1.81 bits per heavy atom. The van der Waals surface area contributed by atoms with E-state index < -0.39 is 0 Å². The van der Waals surface area contributed by atoms with Gasteiger partial charge >= 0.3 is 0 Å². The molecule has 0 saturated carbocycles. The van der Waals surface area contributed by atoms with E-state index in [0.717, 1.165) is 31.5 Å². The number of anilines is 1. The molecule has 21 heavy (non-hydrogen) atoms. The van der Waals surface area contributed by atoms with Gasteiger partial charge in [-0.15, -0.1) is 0 Å². The van der Waals surface area contributed by atoms with Crippen LogP contribution in [0.5, 0.6) is 0 Å². The van der Waals surface area contributed by atoms with Gasteiger partial charge in [0.25, 0.3) is 0 Å². The van der Waals surface area contributed by atoms with E-state index in [-0.39, 0.29) is 5.82 Å². The number of hydrogen-bond donors (Lipinski definition) is 0. The minimum absolute atomic E-state index is 0.170. The van der Waals surface area contributed by atoms with Crippen LogP contribution in [0.2, 0.25) is 5.02 Å². The second kappa shape index (κ2) is 6.07. The predicted octanol–water partition coefficient (Wildman–Crippen LogP) is 5.17. The fourth-order valence-corrected chi connectivity index (χ4v) is 3.34. The Labute approximate surface area is 130 Å². The van der Waals surface area contributed by atoms with E-state index in [9.17, 15) is 4.39 Å². The van der Waals surface area contributed by atoms with Crippen LogP contribution >= 0.6 is 11.6 Å². The van der Waals surface area contributed by atoms with E-state index in [1.807, 2.05) is 6.07 Å². The topological polar surface area (TPSA) is 3.24 Å². The predicted molar refractivity (Wildman–Crippen MR) is 86.8 cm³/mol. The van der Waals surface area contributed by atoms with E-state index in [4.69, 9.17) is 11.6 Å². The average Bonchev–Trinajstić information content (AvgIpc) is 2.48. The molecule has 0 atom stereocenters. The maximum Gasteiger partial charge on any atom is 0.128 e. The zero-order valence-corrected chi connectivity index (χ0v) is 12.9. The van der Waals surface area contributed by atoms with Gasteiger partial charge in [-0.3, -0.25) is 0 Å². The van der Waals surface area contributed by atoms with Gasteiger partial charge in [0.15, 0.2) is 0 Å². The Balaban J connectivity index is 1.72. The summed E-state index contributed by atoms with van der Waals surface area (Å²) in [6, 6.07) is 13.5. The van der Waals surface area contributed by atoms with Crippen LogP contribution in [0.3, 0.4) is 0 Å². The number of nitrogens with zero attached hydrogens (tertiary/aromatic N) is 1. The van der Waals surface area contributed by atoms with Crippen molar-refractivity contribution in [1.29, 1.82) is 0 Å². The van der Waals surface area contributed by atoms with Gasteiger partial charge in [-0.2, -0.15) is 0 Å². The van der Waals surface area contributed by atoms with Crippen molar-refractivity contribution in [3.8, 4) is 0 Å². The van der Waals surface area contributed by atoms with Gasteiger partial charge in [0.05, 0.1) is 0 Å². The molecule has 0 unspecified atom stereocenters. The SMILES string of the molecule is Cc1ccccc1N1CCC(c2ccc(Cl)cc2F)CC1. The van der Waals surface area contributed by atoms with Gasteiger partial charge in [0.1, 0.15) is 5.82 Å². The largest absolute Gasteiger partial charge is 0.371 e. The zero-order chi connectivity index (χ0) is 14.8. The number of halogens is 2. The molecule has 0 amide bonds. The van der Waals surface area contributed by atoms with Crippen LogP contribution in [0.15, 0.2) is 42.5 Å². The lowest BCUT2D eigenvalue weighted by Crippen LogP contribution is -2.33. The van der Waals surface area contributed by atoms with Crippen LogP contribution < -0.4 is 4.90 Å². The first-order chi connectivity index (χ1) is 10.1. The summed E-state index contributed by atoms with van der Waals surface area (Å²) in [7, 11) is 0. The molecule has 0 spiro atoms. The molecule has 1 fully saturated rings. The van der Waals surface area contributed by atoms with E-state index in [1.165, 1.54) is 17.3 Å². The van der Waals surface area contributed by atoms with Crippen molar-refractivity contribution in [1.82, 2.24) is 0 Å². The quantitative estimate of drug-likeness (QED) is 0.739. The third-order valence-corrected chi connectivity index (χ3v) is 4.59. The molecular weight excluding hydrogens is 285 g/mol. The van der Waals surface area contributed by atoms with Gasteiger partial charge in [-0.05, 0) is 55.0 Å². The monoisotopic (exact) mass is 303 g/mol. The van der Waals surface area contributed by atoms with E-state index in [2.05, 4.69) is 36.1 Å². The molecule has 1 nitrogen and oxygen atoms in total. The first-order valence-corrected chi connectivity index (χ1v) is 7.78.